The Morgan fingerprint density at radius 2 is 1.91 bits per heavy atom. The molecule has 2 aromatic heterocycles. The number of nitrogens with one attached hydrogen (secondary N) is 1. The molecule has 0 atom stereocenters. The Balaban J connectivity index is 1.48. The van der Waals surface area contributed by atoms with Crippen molar-refractivity contribution in [3.05, 3.63) is 75.8 Å². The van der Waals surface area contributed by atoms with Crippen LogP contribution in [0.1, 0.15) is 20.9 Å². The number of thiophene rings is 1. The molecule has 1 N–H and O–H groups in total. The van der Waals surface area contributed by atoms with Gasteiger partial charge in [-0.15, -0.1) is 23.1 Å². The summed E-state index contributed by atoms with van der Waals surface area (Å²) in [5, 5.41) is 9.16. The highest BCUT2D eigenvalue weighted by Gasteiger charge is 2.21. The van der Waals surface area contributed by atoms with Gasteiger partial charge in [0, 0.05) is 22.4 Å². The number of aryl methyl sites for hydroxylation is 1. The fourth-order valence-electron chi connectivity index (χ4n) is 3.50. The molecule has 0 saturated carbocycles. The van der Waals surface area contributed by atoms with Crippen LogP contribution in [-0.2, 0) is 11.3 Å². The molecule has 4 aromatic rings. The van der Waals surface area contributed by atoms with Gasteiger partial charge in [0.2, 0.25) is 5.91 Å². The fourth-order valence-corrected chi connectivity index (χ4v) is 5.34. The lowest BCUT2D eigenvalue weighted by molar-refractivity contribution is -0.116. The van der Waals surface area contributed by atoms with Crippen LogP contribution in [-0.4, -0.2) is 46.3 Å². The first-order valence-corrected chi connectivity index (χ1v) is 12.7. The van der Waals surface area contributed by atoms with Crippen molar-refractivity contribution >= 4 is 62.4 Å². The van der Waals surface area contributed by atoms with E-state index in [2.05, 4.69) is 10.4 Å². The highest BCUT2D eigenvalue weighted by molar-refractivity contribution is 7.98. The minimum atomic E-state index is -0.237. The summed E-state index contributed by atoms with van der Waals surface area (Å²) < 4.78 is 1.90. The molecule has 0 aliphatic carbocycles. The topological polar surface area (TPSA) is 67.2 Å². The minimum absolute atomic E-state index is 0.0360. The van der Waals surface area contributed by atoms with E-state index in [4.69, 9.17) is 11.6 Å². The first kappa shape index (κ1) is 23.4. The maximum Gasteiger partial charge on any atom is 0.264 e. The molecule has 0 aliphatic heterocycles. The van der Waals surface area contributed by atoms with Gasteiger partial charge in [-0.05, 0) is 49.1 Å². The number of likely N-dealkylation sites (N-methyl/N-ethyl adjacent to an activating group) is 1. The molecule has 0 fully saturated rings. The SMILES string of the molecule is CSc1ccccc1NC(=O)CN(C)C(=O)c1cc2c(C)nn(Cc3ccc(Cl)cc3)c2s1. The molecule has 4 rings (SSSR count). The molecule has 0 bridgehead atoms. The summed E-state index contributed by atoms with van der Waals surface area (Å²) in [4.78, 5) is 29.5. The highest BCUT2D eigenvalue weighted by Crippen LogP contribution is 2.30. The number of thioether (sulfide) groups is 1. The smallest absolute Gasteiger partial charge is 0.264 e. The molecule has 0 saturated heterocycles. The van der Waals surface area contributed by atoms with Crippen molar-refractivity contribution in [3.8, 4) is 0 Å². The number of amides is 2. The molecular formula is C24H23ClN4O2S2. The molecule has 9 heteroatoms. The number of rotatable bonds is 7. The van der Waals surface area contributed by atoms with Gasteiger partial charge in [-0.1, -0.05) is 35.9 Å². The average Bonchev–Trinajstić information content (AvgIpc) is 3.36. The molecule has 2 amide bonds. The maximum absolute atomic E-state index is 13.0. The van der Waals surface area contributed by atoms with Crippen molar-refractivity contribution in [2.45, 2.75) is 18.4 Å². The molecular weight excluding hydrogens is 476 g/mol. The van der Waals surface area contributed by atoms with Crippen LogP contribution in [0, 0.1) is 6.92 Å². The first-order chi connectivity index (χ1) is 15.9. The van der Waals surface area contributed by atoms with Crippen molar-refractivity contribution < 1.29 is 9.59 Å². The third-order valence-electron chi connectivity index (χ3n) is 5.17. The van der Waals surface area contributed by atoms with Crippen LogP contribution in [0.4, 0.5) is 5.69 Å². The van der Waals surface area contributed by atoms with Crippen LogP contribution in [0.15, 0.2) is 59.5 Å². The number of hydrogen-bond donors (Lipinski definition) is 1. The highest BCUT2D eigenvalue weighted by atomic mass is 35.5. The summed E-state index contributed by atoms with van der Waals surface area (Å²) in [6.07, 6.45) is 1.96. The molecule has 2 heterocycles. The summed E-state index contributed by atoms with van der Waals surface area (Å²) >= 11 is 8.93. The van der Waals surface area contributed by atoms with Crippen molar-refractivity contribution in [2.75, 3.05) is 25.2 Å². The Bertz CT molecular complexity index is 1310. The van der Waals surface area contributed by atoms with E-state index in [9.17, 15) is 9.59 Å². The summed E-state index contributed by atoms with van der Waals surface area (Å²) in [6, 6.07) is 17.1. The van der Waals surface area contributed by atoms with Gasteiger partial charge < -0.3 is 10.2 Å². The monoisotopic (exact) mass is 498 g/mol. The Morgan fingerprint density at radius 1 is 1.18 bits per heavy atom. The van der Waals surface area contributed by atoms with Crippen LogP contribution < -0.4 is 5.32 Å². The lowest BCUT2D eigenvalue weighted by atomic mass is 10.2. The number of benzene rings is 2. The number of anilines is 1. The van der Waals surface area contributed by atoms with Crippen LogP contribution in [0.5, 0.6) is 0 Å². The summed E-state index contributed by atoms with van der Waals surface area (Å²) in [5.74, 6) is -0.430. The number of para-hydroxylation sites is 1. The van der Waals surface area contributed by atoms with Crippen molar-refractivity contribution in [3.63, 3.8) is 0 Å². The number of carbonyl (C=O) groups is 2. The Hall–Kier alpha value is -2.81. The molecule has 0 aliphatic rings. The maximum atomic E-state index is 13.0. The lowest BCUT2D eigenvalue weighted by Gasteiger charge is -2.16. The molecule has 0 spiro atoms. The van der Waals surface area contributed by atoms with Gasteiger partial charge in [0.25, 0.3) is 5.91 Å². The van der Waals surface area contributed by atoms with E-state index in [-0.39, 0.29) is 18.4 Å². The average molecular weight is 499 g/mol. The Kier molecular flexibility index (Phi) is 7.07. The summed E-state index contributed by atoms with van der Waals surface area (Å²) in [5.41, 5.74) is 2.68. The quantitative estimate of drug-likeness (QED) is 0.340. The molecule has 2 aromatic carbocycles. The van der Waals surface area contributed by atoms with E-state index in [1.807, 2.05) is 72.5 Å². The van der Waals surface area contributed by atoms with E-state index in [1.54, 1.807) is 18.8 Å². The largest absolute Gasteiger partial charge is 0.332 e. The molecule has 0 unspecified atom stereocenters. The predicted molar refractivity (Wildman–Crippen MR) is 137 cm³/mol. The second-order valence-corrected chi connectivity index (χ2v) is 9.92. The molecule has 170 valence electrons. The third-order valence-corrected chi connectivity index (χ3v) is 7.36. The summed E-state index contributed by atoms with van der Waals surface area (Å²) in [6.45, 7) is 2.48. The summed E-state index contributed by atoms with van der Waals surface area (Å²) in [7, 11) is 1.64. The molecule has 0 radical (unpaired) electrons. The number of nitrogens with zero attached hydrogens (tertiary/aromatic N) is 3. The predicted octanol–water partition coefficient (Wildman–Crippen LogP) is 5.54. The number of halogens is 1. The first-order valence-electron chi connectivity index (χ1n) is 10.3. The molecule has 6 nitrogen and oxygen atoms in total. The van der Waals surface area contributed by atoms with E-state index in [0.29, 0.717) is 16.4 Å². The van der Waals surface area contributed by atoms with Gasteiger partial charge in [0.1, 0.15) is 4.83 Å². The second-order valence-electron chi connectivity index (χ2n) is 7.61. The van der Waals surface area contributed by atoms with Crippen LogP contribution in [0.3, 0.4) is 0 Å². The lowest BCUT2D eigenvalue weighted by Crippen LogP contribution is -2.34. The zero-order valence-electron chi connectivity index (χ0n) is 18.5. The molecule has 33 heavy (non-hydrogen) atoms. The van der Waals surface area contributed by atoms with Crippen molar-refractivity contribution in [2.24, 2.45) is 0 Å². The van der Waals surface area contributed by atoms with Crippen LogP contribution in [0.25, 0.3) is 10.2 Å². The van der Waals surface area contributed by atoms with Crippen LogP contribution >= 0.6 is 34.7 Å². The fraction of sp³-hybridized carbons (Fsp3) is 0.208. The van der Waals surface area contributed by atoms with Crippen LogP contribution in [0.2, 0.25) is 5.02 Å². The number of carbonyl (C=O) groups excluding carboxylic acids is 2. The minimum Gasteiger partial charge on any atom is -0.332 e. The Morgan fingerprint density at radius 3 is 2.64 bits per heavy atom. The second kappa shape index (κ2) is 9.99. The van der Waals surface area contributed by atoms with E-state index >= 15 is 0 Å². The normalized spacial score (nSPS) is 11.0. The van der Waals surface area contributed by atoms with E-state index in [0.717, 1.165) is 32.1 Å². The zero-order chi connectivity index (χ0) is 23.5. The van der Waals surface area contributed by atoms with Gasteiger partial charge in [0.05, 0.1) is 29.3 Å². The van der Waals surface area contributed by atoms with E-state index in [1.165, 1.54) is 16.2 Å². The van der Waals surface area contributed by atoms with Gasteiger partial charge in [-0.2, -0.15) is 5.10 Å². The number of aromatic nitrogens is 2. The van der Waals surface area contributed by atoms with Gasteiger partial charge in [-0.3, -0.25) is 14.3 Å². The number of hydrogen-bond acceptors (Lipinski definition) is 5. The Labute approximate surface area is 205 Å². The number of fused-ring (bicyclic) bond motifs is 1. The van der Waals surface area contributed by atoms with Crippen molar-refractivity contribution in [1.29, 1.82) is 0 Å². The third kappa shape index (κ3) is 5.24. The van der Waals surface area contributed by atoms with Crippen molar-refractivity contribution in [1.82, 2.24) is 14.7 Å². The standard InChI is InChI=1S/C24H23ClN4O2S2/c1-15-18-12-21(33-24(18)29(27-15)13-16-8-10-17(25)11-9-16)23(31)28(2)14-22(30)26-19-6-4-5-7-20(19)32-3/h4-12H,13-14H2,1-3H3,(H,26,30). The van der Waals surface area contributed by atoms with E-state index < -0.39 is 0 Å². The van der Waals surface area contributed by atoms with Gasteiger partial charge in [-0.25, -0.2) is 0 Å². The zero-order valence-corrected chi connectivity index (χ0v) is 20.9. The van der Waals surface area contributed by atoms with Gasteiger partial charge >= 0.3 is 0 Å². The van der Waals surface area contributed by atoms with Gasteiger partial charge in [0.15, 0.2) is 0 Å².